The van der Waals surface area contributed by atoms with Gasteiger partial charge in [0.05, 0.1) is 14.2 Å². The van der Waals surface area contributed by atoms with Gasteiger partial charge < -0.3 is 9.47 Å². The molecular formula is C11H12N4O4. The Morgan fingerprint density at radius 2 is 2.00 bits per heavy atom. The van der Waals surface area contributed by atoms with Gasteiger partial charge in [0.1, 0.15) is 0 Å². The molecule has 1 rings (SSSR count). The third-order valence-electron chi connectivity index (χ3n) is 2.27. The van der Waals surface area contributed by atoms with E-state index < -0.39 is 18.1 Å². The van der Waals surface area contributed by atoms with E-state index in [1.165, 1.54) is 14.2 Å². The molecule has 8 heteroatoms. The van der Waals surface area contributed by atoms with Gasteiger partial charge in [-0.1, -0.05) is 23.3 Å². The van der Waals surface area contributed by atoms with E-state index in [1.54, 1.807) is 24.3 Å². The zero-order valence-corrected chi connectivity index (χ0v) is 10.4. The zero-order valence-electron chi connectivity index (χ0n) is 10.4. The number of nitrogens with zero attached hydrogens (tertiary/aromatic N) is 3. The fourth-order valence-corrected chi connectivity index (χ4v) is 1.41. The van der Waals surface area contributed by atoms with E-state index >= 15 is 0 Å². The highest BCUT2D eigenvalue weighted by Crippen LogP contribution is 2.27. The predicted octanol–water partition coefficient (Wildman–Crippen LogP) is 2.39. The van der Waals surface area contributed by atoms with Crippen molar-refractivity contribution in [2.75, 3.05) is 19.5 Å². The zero-order chi connectivity index (χ0) is 14.3. The molecular weight excluding hydrogens is 252 g/mol. The van der Waals surface area contributed by atoms with Crippen molar-refractivity contribution in [3.8, 4) is 0 Å². The van der Waals surface area contributed by atoms with Gasteiger partial charge in [0.2, 0.25) is 0 Å². The number of hydrogen-bond acceptors (Lipinski definition) is 5. The van der Waals surface area contributed by atoms with Crippen LogP contribution in [0.25, 0.3) is 10.4 Å². The van der Waals surface area contributed by atoms with Crippen LogP contribution in [0.5, 0.6) is 0 Å². The fourth-order valence-electron chi connectivity index (χ4n) is 1.41. The fraction of sp³-hybridized carbons (Fsp3) is 0.273. The largest absolute Gasteiger partial charge is 0.468 e. The van der Waals surface area contributed by atoms with Crippen molar-refractivity contribution >= 4 is 17.7 Å². The topological polar surface area (TPSA) is 113 Å². The van der Waals surface area contributed by atoms with Crippen LogP contribution in [-0.4, -0.2) is 26.3 Å². The number of amides is 1. The summed E-state index contributed by atoms with van der Waals surface area (Å²) in [5, 5.41) is 5.80. The van der Waals surface area contributed by atoms with Gasteiger partial charge in [0.15, 0.2) is 6.04 Å². The maximum atomic E-state index is 11.6. The van der Waals surface area contributed by atoms with Crippen molar-refractivity contribution in [3.05, 3.63) is 40.3 Å². The molecule has 0 aliphatic heterocycles. The molecule has 0 fully saturated rings. The number of carbonyl (C=O) groups is 2. The molecule has 8 nitrogen and oxygen atoms in total. The van der Waals surface area contributed by atoms with Gasteiger partial charge in [-0.3, -0.25) is 10.1 Å². The number of ether oxygens (including phenoxy) is 2. The van der Waals surface area contributed by atoms with E-state index in [0.717, 1.165) is 0 Å². The van der Waals surface area contributed by atoms with Crippen molar-refractivity contribution in [2.45, 2.75) is 6.04 Å². The molecule has 0 heterocycles. The van der Waals surface area contributed by atoms with Gasteiger partial charge in [-0.25, -0.2) is 4.79 Å². The van der Waals surface area contributed by atoms with Gasteiger partial charge in [-0.05, 0) is 17.2 Å². The standard InChI is InChI=1S/C11H12N4O4/c1-18-10(16)9(14-15-12)7-5-3-4-6-8(7)13-11(17)19-2/h3-6,9H,1-2H3,(H,13,17). The summed E-state index contributed by atoms with van der Waals surface area (Å²) in [4.78, 5) is 25.4. The molecule has 1 amide bonds. The minimum Gasteiger partial charge on any atom is -0.468 e. The van der Waals surface area contributed by atoms with E-state index in [4.69, 9.17) is 5.53 Å². The van der Waals surface area contributed by atoms with Crippen LogP contribution in [0.2, 0.25) is 0 Å². The summed E-state index contributed by atoms with van der Waals surface area (Å²) in [6.07, 6.45) is -0.697. The Morgan fingerprint density at radius 1 is 1.32 bits per heavy atom. The minimum absolute atomic E-state index is 0.303. The second kappa shape index (κ2) is 6.87. The Kier molecular flexibility index (Phi) is 5.18. The molecule has 0 aliphatic carbocycles. The highest BCUT2D eigenvalue weighted by molar-refractivity contribution is 5.88. The van der Waals surface area contributed by atoms with Crippen LogP contribution in [0.3, 0.4) is 0 Å². The number of para-hydroxylation sites is 1. The van der Waals surface area contributed by atoms with Crippen molar-refractivity contribution in [3.63, 3.8) is 0 Å². The van der Waals surface area contributed by atoms with Crippen molar-refractivity contribution in [2.24, 2.45) is 5.11 Å². The summed E-state index contributed by atoms with van der Waals surface area (Å²) in [5.74, 6) is -0.725. The molecule has 0 bridgehead atoms. The van der Waals surface area contributed by atoms with E-state index in [0.29, 0.717) is 11.3 Å². The first kappa shape index (κ1) is 14.3. The van der Waals surface area contributed by atoms with E-state index in [-0.39, 0.29) is 0 Å². The number of azide groups is 1. The Hall–Kier alpha value is -2.73. The molecule has 0 radical (unpaired) electrons. The SMILES string of the molecule is COC(=O)Nc1ccccc1C(N=[N+]=[N-])C(=O)OC. The molecule has 0 spiro atoms. The van der Waals surface area contributed by atoms with E-state index in [2.05, 4.69) is 24.8 Å². The quantitative estimate of drug-likeness (QED) is 0.389. The van der Waals surface area contributed by atoms with Gasteiger partial charge in [-0.15, -0.1) is 0 Å². The van der Waals surface area contributed by atoms with Gasteiger partial charge in [0.25, 0.3) is 0 Å². The highest BCUT2D eigenvalue weighted by Gasteiger charge is 2.23. The van der Waals surface area contributed by atoms with Crippen molar-refractivity contribution in [1.82, 2.24) is 0 Å². The number of methoxy groups -OCH3 is 2. The maximum Gasteiger partial charge on any atom is 0.411 e. The molecule has 1 unspecified atom stereocenters. The Bertz CT molecular complexity index is 525. The van der Waals surface area contributed by atoms with E-state index in [1.807, 2.05) is 0 Å². The first-order valence-electron chi connectivity index (χ1n) is 5.20. The lowest BCUT2D eigenvalue weighted by Crippen LogP contribution is -2.17. The van der Waals surface area contributed by atoms with Crippen molar-refractivity contribution < 1.29 is 19.1 Å². The lowest BCUT2D eigenvalue weighted by Gasteiger charge is -2.14. The van der Waals surface area contributed by atoms with Crippen LogP contribution in [0.4, 0.5) is 10.5 Å². The molecule has 0 aliphatic rings. The van der Waals surface area contributed by atoms with Crippen LogP contribution in [0, 0.1) is 0 Å². The molecule has 0 aromatic heterocycles. The van der Waals surface area contributed by atoms with Gasteiger partial charge >= 0.3 is 12.1 Å². The first-order valence-corrected chi connectivity index (χ1v) is 5.20. The molecule has 1 aromatic carbocycles. The second-order valence-corrected chi connectivity index (χ2v) is 3.33. The Morgan fingerprint density at radius 3 is 2.58 bits per heavy atom. The van der Waals surface area contributed by atoms with Crippen molar-refractivity contribution in [1.29, 1.82) is 0 Å². The summed E-state index contributed by atoms with van der Waals surface area (Å²) < 4.78 is 9.02. The normalized spacial score (nSPS) is 10.8. The number of hydrogen-bond donors (Lipinski definition) is 1. The minimum atomic E-state index is -1.18. The number of nitrogens with one attached hydrogen (secondary N) is 1. The molecule has 1 N–H and O–H groups in total. The van der Waals surface area contributed by atoms with Gasteiger partial charge in [0, 0.05) is 10.6 Å². The van der Waals surface area contributed by atoms with Crippen LogP contribution in [-0.2, 0) is 14.3 Å². The average molecular weight is 264 g/mol. The van der Waals surface area contributed by atoms with Crippen LogP contribution < -0.4 is 5.32 Å². The third-order valence-corrected chi connectivity index (χ3v) is 2.27. The Balaban J connectivity index is 3.19. The number of carbonyl (C=O) groups excluding carboxylic acids is 2. The first-order chi connectivity index (χ1) is 9.13. The number of benzene rings is 1. The van der Waals surface area contributed by atoms with Crippen LogP contribution in [0.15, 0.2) is 29.4 Å². The lowest BCUT2D eigenvalue weighted by atomic mass is 10.1. The van der Waals surface area contributed by atoms with Crippen LogP contribution in [0.1, 0.15) is 11.6 Å². The summed E-state index contributed by atoms with van der Waals surface area (Å²) in [6.45, 7) is 0. The van der Waals surface area contributed by atoms with E-state index in [9.17, 15) is 9.59 Å². The highest BCUT2D eigenvalue weighted by atomic mass is 16.5. The number of esters is 1. The average Bonchev–Trinajstić information content (AvgIpc) is 2.44. The molecule has 1 atom stereocenters. The third kappa shape index (κ3) is 3.62. The summed E-state index contributed by atoms with van der Waals surface area (Å²) in [7, 11) is 2.39. The molecule has 19 heavy (non-hydrogen) atoms. The molecule has 0 saturated carbocycles. The maximum absolute atomic E-state index is 11.6. The second-order valence-electron chi connectivity index (χ2n) is 3.33. The van der Waals surface area contributed by atoms with Crippen LogP contribution >= 0.6 is 0 Å². The number of anilines is 1. The molecule has 100 valence electrons. The predicted molar refractivity (Wildman–Crippen MR) is 66.4 cm³/mol. The summed E-state index contributed by atoms with van der Waals surface area (Å²) in [5.41, 5.74) is 9.12. The smallest absolute Gasteiger partial charge is 0.411 e. The molecule has 0 saturated heterocycles. The lowest BCUT2D eigenvalue weighted by molar-refractivity contribution is -0.142. The Labute approximate surface area is 108 Å². The summed E-state index contributed by atoms with van der Waals surface area (Å²) >= 11 is 0. The van der Waals surface area contributed by atoms with Gasteiger partial charge in [-0.2, -0.15) is 0 Å². The summed E-state index contributed by atoms with van der Waals surface area (Å²) in [6, 6.07) is 5.21. The monoisotopic (exact) mass is 264 g/mol. The molecule has 1 aromatic rings. The number of rotatable bonds is 4.